The van der Waals surface area contributed by atoms with Crippen LogP contribution in [0.25, 0.3) is 6.08 Å². The second-order valence-electron chi connectivity index (χ2n) is 5.13. The summed E-state index contributed by atoms with van der Waals surface area (Å²) in [5, 5.41) is 10.6. The topological polar surface area (TPSA) is 102 Å². The molecule has 11 heteroatoms. The molecule has 1 aliphatic heterocycles. The van der Waals surface area contributed by atoms with E-state index in [1.54, 1.807) is 30.7 Å². The van der Waals surface area contributed by atoms with Crippen molar-refractivity contribution in [2.75, 3.05) is 18.8 Å². The normalized spacial score (nSPS) is 15.6. The first-order valence-electron chi connectivity index (χ1n) is 7.69. The van der Waals surface area contributed by atoms with Crippen LogP contribution >= 0.6 is 11.8 Å². The number of imidazole rings is 1. The lowest BCUT2D eigenvalue weighted by Crippen LogP contribution is -2.35. The Labute approximate surface area is 158 Å². The molecule has 0 unspecified atom stereocenters. The number of halogens is 3. The van der Waals surface area contributed by atoms with Crippen molar-refractivity contribution >= 4 is 29.7 Å². The molecule has 2 heterocycles. The summed E-state index contributed by atoms with van der Waals surface area (Å²) in [5.41, 5.74) is 1.53. The summed E-state index contributed by atoms with van der Waals surface area (Å²) in [5.74, 6) is -1.34. The molecule has 1 aromatic heterocycles. The summed E-state index contributed by atoms with van der Waals surface area (Å²) >= 11 is 0.969. The fraction of sp³-hybridized carbons (Fsp3) is 0.375. The van der Waals surface area contributed by atoms with E-state index in [2.05, 4.69) is 16.5 Å². The SMILES string of the molecule is C=Cc1nc[nH]c1C.CCN1C(=O)CS/C1=C(/C#N)C(=O)NCC(F)(F)F. The van der Waals surface area contributed by atoms with Gasteiger partial charge in [0.05, 0.1) is 17.8 Å². The molecule has 1 saturated heterocycles. The Morgan fingerprint density at radius 3 is 2.67 bits per heavy atom. The third-order valence-electron chi connectivity index (χ3n) is 3.26. The third-order valence-corrected chi connectivity index (χ3v) is 4.35. The summed E-state index contributed by atoms with van der Waals surface area (Å²) in [4.78, 5) is 31.1. The maximum atomic E-state index is 12.0. The number of aryl methyl sites for hydroxylation is 1. The molecule has 0 aliphatic carbocycles. The van der Waals surface area contributed by atoms with Crippen molar-refractivity contribution < 1.29 is 22.8 Å². The molecule has 0 radical (unpaired) electrons. The van der Waals surface area contributed by atoms with Crippen LogP contribution in [0, 0.1) is 18.3 Å². The van der Waals surface area contributed by atoms with Gasteiger partial charge in [-0.1, -0.05) is 18.3 Å². The summed E-state index contributed by atoms with van der Waals surface area (Å²) in [6, 6.07) is 1.55. The Hall–Kier alpha value is -2.74. The van der Waals surface area contributed by atoms with Crippen LogP contribution in [-0.2, 0) is 9.59 Å². The van der Waals surface area contributed by atoms with Gasteiger partial charge in [0.25, 0.3) is 5.91 Å². The van der Waals surface area contributed by atoms with Crippen LogP contribution in [0.2, 0.25) is 0 Å². The molecule has 7 nitrogen and oxygen atoms in total. The molecule has 27 heavy (non-hydrogen) atoms. The maximum Gasteiger partial charge on any atom is 0.405 e. The molecular formula is C16H18F3N5O2S. The summed E-state index contributed by atoms with van der Waals surface area (Å²) in [6.45, 7) is 5.92. The van der Waals surface area contributed by atoms with Crippen LogP contribution in [-0.4, -0.2) is 51.7 Å². The van der Waals surface area contributed by atoms with E-state index < -0.39 is 24.2 Å². The third kappa shape index (κ3) is 6.49. The number of carbonyl (C=O) groups excluding carboxylic acids is 2. The van der Waals surface area contributed by atoms with Crippen molar-refractivity contribution in [3.8, 4) is 6.07 Å². The Balaban J connectivity index is 0.000000377. The molecule has 1 aromatic rings. The number of aromatic amines is 1. The molecule has 0 bridgehead atoms. The van der Waals surface area contributed by atoms with Gasteiger partial charge in [-0.25, -0.2) is 4.98 Å². The second-order valence-corrected chi connectivity index (χ2v) is 6.10. The first-order chi connectivity index (χ1) is 12.6. The molecule has 146 valence electrons. The minimum absolute atomic E-state index is 0.0703. The average Bonchev–Trinajstić information content (AvgIpc) is 3.19. The lowest BCUT2D eigenvalue weighted by molar-refractivity contribution is -0.136. The van der Waals surface area contributed by atoms with Crippen LogP contribution in [0.4, 0.5) is 13.2 Å². The zero-order valence-electron chi connectivity index (χ0n) is 14.7. The van der Waals surface area contributed by atoms with E-state index in [9.17, 15) is 22.8 Å². The van der Waals surface area contributed by atoms with Gasteiger partial charge in [0.1, 0.15) is 23.2 Å². The van der Waals surface area contributed by atoms with Crippen LogP contribution in [0.15, 0.2) is 23.5 Å². The Morgan fingerprint density at radius 1 is 1.59 bits per heavy atom. The molecule has 1 aliphatic rings. The van der Waals surface area contributed by atoms with E-state index in [1.165, 1.54) is 4.90 Å². The van der Waals surface area contributed by atoms with Gasteiger partial charge >= 0.3 is 6.18 Å². The van der Waals surface area contributed by atoms with Gasteiger partial charge in [0.2, 0.25) is 5.91 Å². The molecule has 0 atom stereocenters. The van der Waals surface area contributed by atoms with Crippen LogP contribution in [0.3, 0.4) is 0 Å². The van der Waals surface area contributed by atoms with E-state index in [-0.39, 0.29) is 23.2 Å². The number of H-pyrrole nitrogens is 1. The van der Waals surface area contributed by atoms with Gasteiger partial charge in [-0.2, -0.15) is 18.4 Å². The zero-order chi connectivity index (χ0) is 20.6. The van der Waals surface area contributed by atoms with E-state index >= 15 is 0 Å². The minimum Gasteiger partial charge on any atom is -0.348 e. The highest BCUT2D eigenvalue weighted by molar-refractivity contribution is 8.04. The second kappa shape index (κ2) is 9.82. The van der Waals surface area contributed by atoms with Crippen LogP contribution in [0.1, 0.15) is 18.3 Å². The number of carbonyl (C=O) groups is 2. The summed E-state index contributed by atoms with van der Waals surface area (Å²) < 4.78 is 35.9. The average molecular weight is 401 g/mol. The molecule has 2 N–H and O–H groups in total. The Bertz CT molecular complexity index is 780. The minimum atomic E-state index is -4.55. The van der Waals surface area contributed by atoms with Gasteiger partial charge in [0, 0.05) is 12.2 Å². The van der Waals surface area contributed by atoms with Gasteiger partial charge in [-0.15, -0.1) is 0 Å². The maximum absolute atomic E-state index is 12.0. The number of nitrogens with one attached hydrogen (secondary N) is 2. The standard InChI is InChI=1S/C10H10F3N3O2S.C6H8N2/c1-2-16-7(17)4-19-9(16)6(3-14)8(18)15-5-10(11,12)13;1-3-6-5(2)7-4-8-6/h2,4-5H2,1H3,(H,15,18);3-4H,1H2,2H3,(H,7,8)/b9-6-;. The molecule has 0 saturated carbocycles. The number of thioether (sulfide) groups is 1. The number of nitriles is 1. The van der Waals surface area contributed by atoms with Gasteiger partial charge < -0.3 is 15.2 Å². The van der Waals surface area contributed by atoms with E-state index in [0.717, 1.165) is 23.1 Å². The van der Waals surface area contributed by atoms with E-state index in [4.69, 9.17) is 5.26 Å². The van der Waals surface area contributed by atoms with E-state index in [0.29, 0.717) is 0 Å². The number of alkyl halides is 3. The van der Waals surface area contributed by atoms with Crippen molar-refractivity contribution in [2.24, 2.45) is 0 Å². The van der Waals surface area contributed by atoms with Gasteiger partial charge in [-0.3, -0.25) is 9.59 Å². The molecule has 0 aromatic carbocycles. The van der Waals surface area contributed by atoms with Crippen molar-refractivity contribution in [2.45, 2.75) is 20.0 Å². The Kier molecular flexibility index (Phi) is 8.11. The molecule has 2 rings (SSSR count). The van der Waals surface area contributed by atoms with Crippen molar-refractivity contribution in [1.29, 1.82) is 5.26 Å². The van der Waals surface area contributed by atoms with Crippen LogP contribution in [0.5, 0.6) is 0 Å². The fourth-order valence-electron chi connectivity index (χ4n) is 1.97. The summed E-state index contributed by atoms with van der Waals surface area (Å²) in [6.07, 6.45) is -1.16. The number of nitrogens with zero attached hydrogens (tertiary/aromatic N) is 3. The molecule has 2 amide bonds. The highest BCUT2D eigenvalue weighted by atomic mass is 32.2. The van der Waals surface area contributed by atoms with Crippen LogP contribution < -0.4 is 5.32 Å². The molecular weight excluding hydrogens is 383 g/mol. The number of hydrogen-bond acceptors (Lipinski definition) is 5. The predicted molar refractivity (Wildman–Crippen MR) is 95.0 cm³/mol. The Morgan fingerprint density at radius 2 is 2.26 bits per heavy atom. The fourth-order valence-corrected chi connectivity index (χ4v) is 3.05. The van der Waals surface area contributed by atoms with Crippen molar-refractivity contribution in [3.63, 3.8) is 0 Å². The van der Waals surface area contributed by atoms with Gasteiger partial charge in [0.15, 0.2) is 0 Å². The highest BCUT2D eigenvalue weighted by Crippen LogP contribution is 2.31. The lowest BCUT2D eigenvalue weighted by atomic mass is 10.3. The zero-order valence-corrected chi connectivity index (χ0v) is 15.5. The number of amides is 2. The van der Waals surface area contributed by atoms with E-state index in [1.807, 2.05) is 6.92 Å². The first kappa shape index (κ1) is 22.3. The number of rotatable bonds is 4. The first-order valence-corrected chi connectivity index (χ1v) is 8.68. The smallest absolute Gasteiger partial charge is 0.348 e. The van der Waals surface area contributed by atoms with Gasteiger partial charge in [-0.05, 0) is 19.9 Å². The largest absolute Gasteiger partial charge is 0.405 e. The van der Waals surface area contributed by atoms with Crippen molar-refractivity contribution in [1.82, 2.24) is 20.2 Å². The quantitative estimate of drug-likeness (QED) is 0.596. The predicted octanol–water partition coefficient (Wildman–Crippen LogP) is 2.36. The molecule has 0 spiro atoms. The van der Waals surface area contributed by atoms with Crippen molar-refractivity contribution in [3.05, 3.63) is 34.9 Å². The lowest BCUT2D eigenvalue weighted by Gasteiger charge is -2.15. The molecule has 1 fully saturated rings. The monoisotopic (exact) mass is 401 g/mol. The highest BCUT2D eigenvalue weighted by Gasteiger charge is 2.33. The summed E-state index contributed by atoms with van der Waals surface area (Å²) in [7, 11) is 0. The number of aromatic nitrogens is 2. The number of hydrogen-bond donors (Lipinski definition) is 2.